The highest BCUT2D eigenvalue weighted by atomic mass is 16.7. The second kappa shape index (κ2) is 5.13. The van der Waals surface area contributed by atoms with Gasteiger partial charge in [-0.2, -0.15) is 0 Å². The van der Waals surface area contributed by atoms with Crippen LogP contribution in [0.25, 0.3) is 0 Å². The number of nitrogens with zero attached hydrogens (tertiary/aromatic N) is 1. The van der Waals surface area contributed by atoms with Crippen molar-refractivity contribution in [3.8, 4) is 0 Å². The van der Waals surface area contributed by atoms with E-state index in [1.807, 2.05) is 0 Å². The molecule has 0 heterocycles. The summed E-state index contributed by atoms with van der Waals surface area (Å²) in [6, 6.07) is 0. The van der Waals surface area contributed by atoms with E-state index in [2.05, 4.69) is 0 Å². The quantitative estimate of drug-likeness (QED) is 0.320. The van der Waals surface area contributed by atoms with Crippen LogP contribution in [0.2, 0.25) is 0 Å². The molecule has 5 heteroatoms. The van der Waals surface area contributed by atoms with Crippen molar-refractivity contribution < 1.29 is 14.4 Å². The summed E-state index contributed by atoms with van der Waals surface area (Å²) in [5.74, 6) is 0. The summed E-state index contributed by atoms with van der Waals surface area (Å²) in [4.78, 5) is 9.43. The molecule has 0 aliphatic carbocycles. The maximum Gasteiger partial charge on any atom is 0.208 e. The maximum atomic E-state index is 9.83. The molecule has 10 heavy (non-hydrogen) atoms. The van der Waals surface area contributed by atoms with Crippen LogP contribution in [-0.2, 0) is 9.47 Å². The first-order valence-corrected chi connectivity index (χ1v) is 2.88. The van der Waals surface area contributed by atoms with Crippen molar-refractivity contribution in [1.29, 1.82) is 0 Å². The lowest BCUT2D eigenvalue weighted by atomic mass is 10.4. The molecule has 0 aliphatic rings. The molecular weight excluding hydrogens is 138 g/mol. The first-order valence-electron chi connectivity index (χ1n) is 2.88. The normalized spacial score (nSPS) is 10.3. The second-order valence-electron chi connectivity index (χ2n) is 1.75. The number of rotatable bonds is 5. The van der Waals surface area contributed by atoms with Crippen LogP contribution in [0.3, 0.4) is 0 Å². The lowest BCUT2D eigenvalue weighted by Gasteiger charge is -2.09. The van der Waals surface area contributed by atoms with E-state index in [1.54, 1.807) is 0 Å². The largest absolute Gasteiger partial charge is 0.356 e. The molecule has 0 aromatic rings. The summed E-state index contributed by atoms with van der Waals surface area (Å²) < 4.78 is 9.45. The number of hydrogen-bond acceptors (Lipinski definition) is 4. The van der Waals surface area contributed by atoms with Gasteiger partial charge in [0.2, 0.25) is 6.54 Å². The minimum absolute atomic E-state index is 0.119. The highest BCUT2D eigenvalue weighted by Crippen LogP contribution is 1.96. The highest BCUT2D eigenvalue weighted by molar-refractivity contribution is 4.39. The third kappa shape index (κ3) is 4.22. The predicted octanol–water partition coefficient (Wildman–Crippen LogP) is 0.272. The summed E-state index contributed by atoms with van der Waals surface area (Å²) in [6.07, 6.45) is -0.162. The molecule has 0 saturated carbocycles. The molecule has 0 aromatic carbocycles. The van der Waals surface area contributed by atoms with E-state index in [0.29, 0.717) is 6.42 Å². The van der Waals surface area contributed by atoms with Crippen molar-refractivity contribution in [3.05, 3.63) is 10.1 Å². The zero-order valence-corrected chi connectivity index (χ0v) is 6.07. The van der Waals surface area contributed by atoms with Gasteiger partial charge in [-0.3, -0.25) is 10.1 Å². The molecule has 0 aliphatic heterocycles. The van der Waals surface area contributed by atoms with Crippen molar-refractivity contribution >= 4 is 0 Å². The van der Waals surface area contributed by atoms with Gasteiger partial charge in [-0.1, -0.05) is 0 Å². The fraction of sp³-hybridized carbons (Fsp3) is 1.00. The molecule has 0 bridgehead atoms. The Morgan fingerprint density at radius 2 is 2.00 bits per heavy atom. The Hall–Kier alpha value is -0.680. The Bertz CT molecular complexity index is 102. The topological polar surface area (TPSA) is 61.6 Å². The Labute approximate surface area is 59.1 Å². The number of ether oxygens (including phenoxy) is 2. The smallest absolute Gasteiger partial charge is 0.208 e. The van der Waals surface area contributed by atoms with E-state index in [9.17, 15) is 10.1 Å². The van der Waals surface area contributed by atoms with Gasteiger partial charge in [0.1, 0.15) is 0 Å². The van der Waals surface area contributed by atoms with Gasteiger partial charge in [-0.05, 0) is 0 Å². The number of hydrogen-bond donors (Lipinski definition) is 0. The van der Waals surface area contributed by atoms with Crippen molar-refractivity contribution in [2.24, 2.45) is 0 Å². The summed E-state index contributed by atoms with van der Waals surface area (Å²) in [5.41, 5.74) is 0. The van der Waals surface area contributed by atoms with Crippen LogP contribution in [0, 0.1) is 10.1 Å². The molecule has 0 fully saturated rings. The molecule has 0 radical (unpaired) electrons. The van der Waals surface area contributed by atoms with Crippen molar-refractivity contribution in [1.82, 2.24) is 0 Å². The molecule has 0 unspecified atom stereocenters. The van der Waals surface area contributed by atoms with Gasteiger partial charge in [0.15, 0.2) is 6.29 Å². The maximum absolute atomic E-state index is 9.83. The van der Waals surface area contributed by atoms with Gasteiger partial charge < -0.3 is 9.47 Å². The summed E-state index contributed by atoms with van der Waals surface area (Å²) in [6.45, 7) is -0.119. The molecule has 0 amide bonds. The van der Waals surface area contributed by atoms with Gasteiger partial charge in [-0.25, -0.2) is 0 Å². The Balaban J connectivity index is 3.34. The van der Waals surface area contributed by atoms with Crippen LogP contribution in [0.5, 0.6) is 0 Å². The van der Waals surface area contributed by atoms with Crippen molar-refractivity contribution in [2.45, 2.75) is 12.7 Å². The van der Waals surface area contributed by atoms with Crippen LogP contribution in [-0.4, -0.2) is 32.0 Å². The first-order chi connectivity index (χ1) is 4.70. The van der Waals surface area contributed by atoms with E-state index < -0.39 is 11.2 Å². The Morgan fingerprint density at radius 1 is 1.50 bits per heavy atom. The summed E-state index contributed by atoms with van der Waals surface area (Å²) in [7, 11) is 2.90. The molecule has 0 spiro atoms. The average molecular weight is 149 g/mol. The Morgan fingerprint density at radius 3 is 2.30 bits per heavy atom. The minimum Gasteiger partial charge on any atom is -0.356 e. The fourth-order valence-corrected chi connectivity index (χ4v) is 0.543. The highest BCUT2D eigenvalue weighted by Gasteiger charge is 2.08. The van der Waals surface area contributed by atoms with E-state index in [1.165, 1.54) is 14.2 Å². The standard InChI is InChI=1S/C5H11NO4/c1-9-5(10-2)3-4-6(7)8/h5H,3-4H2,1-2H3. The number of methoxy groups -OCH3 is 2. The molecule has 0 N–H and O–H groups in total. The average Bonchev–Trinajstić information content (AvgIpc) is 1.90. The zero-order valence-electron chi connectivity index (χ0n) is 6.07. The first kappa shape index (κ1) is 9.32. The molecule has 0 saturated heterocycles. The van der Waals surface area contributed by atoms with E-state index in [-0.39, 0.29) is 6.54 Å². The van der Waals surface area contributed by atoms with Crippen LogP contribution in [0.15, 0.2) is 0 Å². The van der Waals surface area contributed by atoms with E-state index in [4.69, 9.17) is 9.47 Å². The lowest BCUT2D eigenvalue weighted by molar-refractivity contribution is -0.484. The lowest BCUT2D eigenvalue weighted by Crippen LogP contribution is -2.17. The monoisotopic (exact) mass is 149 g/mol. The number of nitro groups is 1. The van der Waals surface area contributed by atoms with E-state index >= 15 is 0 Å². The third-order valence-corrected chi connectivity index (χ3v) is 1.07. The van der Waals surface area contributed by atoms with Crippen molar-refractivity contribution in [3.63, 3.8) is 0 Å². The third-order valence-electron chi connectivity index (χ3n) is 1.07. The van der Waals surface area contributed by atoms with E-state index in [0.717, 1.165) is 0 Å². The van der Waals surface area contributed by atoms with Gasteiger partial charge in [0.25, 0.3) is 0 Å². The zero-order chi connectivity index (χ0) is 7.98. The van der Waals surface area contributed by atoms with Crippen LogP contribution in [0.1, 0.15) is 6.42 Å². The SMILES string of the molecule is COC(CC[N+](=O)[O-])OC. The molecule has 0 rings (SSSR count). The fourth-order valence-electron chi connectivity index (χ4n) is 0.543. The minimum atomic E-state index is -0.453. The summed E-state index contributed by atoms with van der Waals surface area (Å²) >= 11 is 0. The molecule has 0 aromatic heterocycles. The van der Waals surface area contributed by atoms with Gasteiger partial charge in [0.05, 0.1) is 6.42 Å². The van der Waals surface area contributed by atoms with Crippen LogP contribution < -0.4 is 0 Å². The second-order valence-corrected chi connectivity index (χ2v) is 1.75. The predicted molar refractivity (Wildman–Crippen MR) is 34.3 cm³/mol. The molecular formula is C5H11NO4. The van der Waals surface area contributed by atoms with Crippen LogP contribution in [0.4, 0.5) is 0 Å². The van der Waals surface area contributed by atoms with Crippen LogP contribution >= 0.6 is 0 Å². The molecule has 60 valence electrons. The summed E-state index contributed by atoms with van der Waals surface area (Å²) in [5, 5.41) is 9.83. The van der Waals surface area contributed by atoms with Gasteiger partial charge in [0, 0.05) is 19.1 Å². The van der Waals surface area contributed by atoms with Crippen molar-refractivity contribution in [2.75, 3.05) is 20.8 Å². The Kier molecular flexibility index (Phi) is 4.78. The molecule has 0 atom stereocenters. The molecule has 5 nitrogen and oxygen atoms in total. The van der Waals surface area contributed by atoms with Gasteiger partial charge >= 0.3 is 0 Å². The van der Waals surface area contributed by atoms with Gasteiger partial charge in [-0.15, -0.1) is 0 Å².